The molecular formula is C20H30N4O2. The van der Waals surface area contributed by atoms with Gasteiger partial charge in [0.25, 0.3) is 0 Å². The fraction of sp³-hybridized carbons (Fsp3) is 0.700. The summed E-state index contributed by atoms with van der Waals surface area (Å²) in [5, 5.41) is 6.40. The standard InChI is InChI=1S/C20H30N4O2/c1-2-8-20(9-10-20)19(26)24-17-5-3-4-16(11-17)23-18(25)7-6-15-12-21-14-22-13-15/h12-14,16-17H,2-11H2,1H3,(H,23,25)(H,24,26). The van der Waals surface area contributed by atoms with Gasteiger partial charge in [0.05, 0.1) is 0 Å². The van der Waals surface area contributed by atoms with Crippen LogP contribution in [0.1, 0.15) is 70.3 Å². The summed E-state index contributed by atoms with van der Waals surface area (Å²) in [6, 6.07) is 0.355. The van der Waals surface area contributed by atoms with Gasteiger partial charge in [-0.25, -0.2) is 9.97 Å². The lowest BCUT2D eigenvalue weighted by Gasteiger charge is -2.31. The van der Waals surface area contributed by atoms with Crippen LogP contribution < -0.4 is 10.6 Å². The Balaban J connectivity index is 1.42. The summed E-state index contributed by atoms with van der Waals surface area (Å²) in [4.78, 5) is 32.7. The third-order valence-electron chi connectivity index (χ3n) is 5.69. The molecule has 2 fully saturated rings. The van der Waals surface area contributed by atoms with E-state index >= 15 is 0 Å². The van der Waals surface area contributed by atoms with Gasteiger partial charge in [0.1, 0.15) is 6.33 Å². The molecule has 142 valence electrons. The maximum absolute atomic E-state index is 12.6. The van der Waals surface area contributed by atoms with Gasteiger partial charge in [0.15, 0.2) is 0 Å². The van der Waals surface area contributed by atoms with E-state index < -0.39 is 0 Å². The van der Waals surface area contributed by atoms with Crippen LogP contribution in [0.4, 0.5) is 0 Å². The maximum Gasteiger partial charge on any atom is 0.226 e. The molecule has 1 heterocycles. The van der Waals surface area contributed by atoms with Crippen LogP contribution in [0.25, 0.3) is 0 Å². The van der Waals surface area contributed by atoms with E-state index in [1.165, 1.54) is 6.33 Å². The number of nitrogens with zero attached hydrogens (tertiary/aromatic N) is 2. The molecule has 0 spiro atoms. The van der Waals surface area contributed by atoms with E-state index in [1.807, 2.05) is 0 Å². The van der Waals surface area contributed by atoms with Crippen molar-refractivity contribution in [1.82, 2.24) is 20.6 Å². The van der Waals surface area contributed by atoms with Crippen molar-refractivity contribution < 1.29 is 9.59 Å². The van der Waals surface area contributed by atoms with Gasteiger partial charge >= 0.3 is 0 Å². The average molecular weight is 358 g/mol. The Morgan fingerprint density at radius 2 is 1.85 bits per heavy atom. The van der Waals surface area contributed by atoms with E-state index in [0.717, 1.165) is 56.9 Å². The van der Waals surface area contributed by atoms with Gasteiger partial charge in [-0.15, -0.1) is 0 Å². The van der Waals surface area contributed by atoms with Gasteiger partial charge in [-0.05, 0) is 56.9 Å². The van der Waals surface area contributed by atoms with Crippen LogP contribution in [-0.4, -0.2) is 33.9 Å². The van der Waals surface area contributed by atoms with Crippen LogP contribution in [0.15, 0.2) is 18.7 Å². The molecule has 3 rings (SSSR count). The fourth-order valence-electron chi connectivity index (χ4n) is 4.03. The van der Waals surface area contributed by atoms with Gasteiger partial charge in [0.2, 0.25) is 11.8 Å². The molecule has 1 aromatic rings. The molecular weight excluding hydrogens is 328 g/mol. The maximum atomic E-state index is 12.6. The molecule has 2 N–H and O–H groups in total. The lowest BCUT2D eigenvalue weighted by Crippen LogP contribution is -2.47. The molecule has 6 nitrogen and oxygen atoms in total. The summed E-state index contributed by atoms with van der Waals surface area (Å²) in [5.41, 5.74) is 0.893. The number of aryl methyl sites for hydroxylation is 1. The van der Waals surface area contributed by atoms with Crippen LogP contribution in [0, 0.1) is 5.41 Å². The summed E-state index contributed by atoms with van der Waals surface area (Å²) in [7, 11) is 0. The van der Waals surface area contributed by atoms with E-state index in [9.17, 15) is 9.59 Å². The SMILES string of the molecule is CCCC1(C(=O)NC2CCCC(NC(=O)CCc3cncnc3)C2)CC1. The molecule has 0 aromatic carbocycles. The summed E-state index contributed by atoms with van der Waals surface area (Å²) in [6.45, 7) is 2.14. The number of carbonyl (C=O) groups excluding carboxylic acids is 2. The Morgan fingerprint density at radius 3 is 2.50 bits per heavy atom. The number of hydrogen-bond acceptors (Lipinski definition) is 4. The Kier molecular flexibility index (Phi) is 6.22. The molecule has 2 aliphatic rings. The summed E-state index contributed by atoms with van der Waals surface area (Å²) >= 11 is 0. The first-order valence-corrected chi connectivity index (χ1v) is 9.95. The number of rotatable bonds is 8. The van der Waals surface area contributed by atoms with Crippen LogP contribution in [0.5, 0.6) is 0 Å². The smallest absolute Gasteiger partial charge is 0.226 e. The number of nitrogens with one attached hydrogen (secondary N) is 2. The molecule has 26 heavy (non-hydrogen) atoms. The zero-order chi connectivity index (χ0) is 18.4. The summed E-state index contributed by atoms with van der Waals surface area (Å²) < 4.78 is 0. The third-order valence-corrected chi connectivity index (χ3v) is 5.69. The topological polar surface area (TPSA) is 84.0 Å². The largest absolute Gasteiger partial charge is 0.353 e. The van der Waals surface area contributed by atoms with Gasteiger partial charge < -0.3 is 10.6 Å². The molecule has 2 unspecified atom stereocenters. The number of amides is 2. The second-order valence-corrected chi connectivity index (χ2v) is 7.88. The summed E-state index contributed by atoms with van der Waals surface area (Å²) in [6.07, 6.45) is 14.1. The van der Waals surface area contributed by atoms with Gasteiger partial charge in [-0.3, -0.25) is 9.59 Å². The third kappa shape index (κ3) is 5.02. The van der Waals surface area contributed by atoms with Crippen LogP contribution in [-0.2, 0) is 16.0 Å². The number of carbonyl (C=O) groups is 2. The first kappa shape index (κ1) is 18.8. The minimum atomic E-state index is -0.0807. The lowest BCUT2D eigenvalue weighted by atomic mass is 9.89. The van der Waals surface area contributed by atoms with E-state index in [-0.39, 0.29) is 29.3 Å². The lowest BCUT2D eigenvalue weighted by molar-refractivity contribution is -0.127. The molecule has 0 saturated heterocycles. The van der Waals surface area contributed by atoms with Crippen molar-refractivity contribution in [2.45, 2.75) is 83.2 Å². The van der Waals surface area contributed by atoms with Crippen molar-refractivity contribution in [2.24, 2.45) is 5.41 Å². The predicted molar refractivity (Wildman–Crippen MR) is 99.3 cm³/mol. The Bertz CT molecular complexity index is 615. The van der Waals surface area contributed by atoms with Crippen LogP contribution in [0.2, 0.25) is 0 Å². The Morgan fingerprint density at radius 1 is 1.15 bits per heavy atom. The highest BCUT2D eigenvalue weighted by Crippen LogP contribution is 2.50. The van der Waals surface area contributed by atoms with Gasteiger partial charge in [-0.2, -0.15) is 0 Å². The highest BCUT2D eigenvalue weighted by molar-refractivity contribution is 5.85. The minimum Gasteiger partial charge on any atom is -0.353 e. The van der Waals surface area contributed by atoms with Crippen LogP contribution >= 0.6 is 0 Å². The zero-order valence-corrected chi connectivity index (χ0v) is 15.7. The second kappa shape index (κ2) is 8.60. The minimum absolute atomic E-state index is 0.0653. The molecule has 2 saturated carbocycles. The number of hydrogen-bond donors (Lipinski definition) is 2. The Labute approximate surface area is 155 Å². The quantitative estimate of drug-likeness (QED) is 0.748. The molecule has 0 radical (unpaired) electrons. The fourth-order valence-corrected chi connectivity index (χ4v) is 4.03. The van der Waals surface area contributed by atoms with Crippen molar-refractivity contribution in [2.75, 3.05) is 0 Å². The van der Waals surface area contributed by atoms with E-state index in [1.54, 1.807) is 12.4 Å². The second-order valence-electron chi connectivity index (χ2n) is 7.88. The van der Waals surface area contributed by atoms with Crippen molar-refractivity contribution >= 4 is 11.8 Å². The van der Waals surface area contributed by atoms with Crippen LogP contribution in [0.3, 0.4) is 0 Å². The average Bonchev–Trinajstić information content (AvgIpc) is 3.42. The summed E-state index contributed by atoms with van der Waals surface area (Å²) in [5.74, 6) is 0.302. The van der Waals surface area contributed by atoms with E-state index in [2.05, 4.69) is 27.5 Å². The first-order valence-electron chi connectivity index (χ1n) is 9.95. The number of aromatic nitrogens is 2. The molecule has 6 heteroatoms. The molecule has 2 atom stereocenters. The normalized spacial score (nSPS) is 23.9. The van der Waals surface area contributed by atoms with Gasteiger partial charge in [0, 0.05) is 36.3 Å². The molecule has 1 aromatic heterocycles. The molecule has 0 bridgehead atoms. The van der Waals surface area contributed by atoms with Crippen molar-refractivity contribution in [3.63, 3.8) is 0 Å². The van der Waals surface area contributed by atoms with Crippen molar-refractivity contribution in [3.05, 3.63) is 24.3 Å². The highest BCUT2D eigenvalue weighted by atomic mass is 16.2. The molecule has 2 amide bonds. The Hall–Kier alpha value is -1.98. The first-order chi connectivity index (χ1) is 12.6. The predicted octanol–water partition coefficient (Wildman–Crippen LogP) is 2.53. The monoisotopic (exact) mass is 358 g/mol. The molecule has 2 aliphatic carbocycles. The van der Waals surface area contributed by atoms with Gasteiger partial charge in [-0.1, -0.05) is 13.3 Å². The zero-order valence-electron chi connectivity index (χ0n) is 15.7. The van der Waals surface area contributed by atoms with E-state index in [0.29, 0.717) is 12.8 Å². The van der Waals surface area contributed by atoms with Crippen molar-refractivity contribution in [1.29, 1.82) is 0 Å². The molecule has 0 aliphatic heterocycles. The van der Waals surface area contributed by atoms with E-state index in [4.69, 9.17) is 0 Å². The van der Waals surface area contributed by atoms with Crippen molar-refractivity contribution in [3.8, 4) is 0 Å². The highest BCUT2D eigenvalue weighted by Gasteiger charge is 2.49.